The monoisotopic (exact) mass is 372 g/mol. The van der Waals surface area contributed by atoms with Gasteiger partial charge in [-0.05, 0) is 24.3 Å². The number of phenols is 2. The molecule has 0 amide bonds. The van der Waals surface area contributed by atoms with E-state index in [2.05, 4.69) is 0 Å². The van der Waals surface area contributed by atoms with Gasteiger partial charge in [0.1, 0.15) is 23.0 Å². The van der Waals surface area contributed by atoms with Crippen LogP contribution in [-0.4, -0.2) is 35.0 Å². The van der Waals surface area contributed by atoms with E-state index in [0.717, 1.165) is 0 Å². The molecule has 2 aromatic rings. The Morgan fingerprint density at radius 3 is 1.52 bits per heavy atom. The second-order valence-electron chi connectivity index (χ2n) is 5.96. The van der Waals surface area contributed by atoms with E-state index in [-0.39, 0.29) is 34.2 Å². The number of rotatable bonds is 10. The fourth-order valence-electron chi connectivity index (χ4n) is 2.49. The maximum absolute atomic E-state index is 11.6. The van der Waals surface area contributed by atoms with Crippen LogP contribution < -0.4 is 9.47 Å². The second kappa shape index (κ2) is 9.62. The number of carbonyl (C=O) groups is 2. The Hall–Kier alpha value is -3.02. The van der Waals surface area contributed by atoms with E-state index >= 15 is 0 Å². The smallest absolute Gasteiger partial charge is 0.166 e. The number of benzene rings is 2. The van der Waals surface area contributed by atoms with Crippen molar-refractivity contribution in [3.63, 3.8) is 0 Å². The lowest BCUT2D eigenvalue weighted by Crippen LogP contribution is -2.06. The second-order valence-corrected chi connectivity index (χ2v) is 5.96. The van der Waals surface area contributed by atoms with Crippen LogP contribution in [0.25, 0.3) is 0 Å². The highest BCUT2D eigenvalue weighted by atomic mass is 16.5. The Morgan fingerprint density at radius 2 is 1.19 bits per heavy atom. The van der Waals surface area contributed by atoms with Crippen LogP contribution in [0.1, 0.15) is 53.8 Å². The molecule has 0 spiro atoms. The van der Waals surface area contributed by atoms with E-state index < -0.39 is 0 Å². The third-order valence-corrected chi connectivity index (χ3v) is 4.01. The SMILES string of the molecule is CCC(=O)c1ccc(OCCCOc2ccc(C(=O)CC)c(O)c2)cc1O. The zero-order chi connectivity index (χ0) is 19.8. The lowest BCUT2D eigenvalue weighted by Gasteiger charge is -2.10. The Bertz CT molecular complexity index is 745. The number of ketones is 2. The van der Waals surface area contributed by atoms with Crippen LogP contribution in [0.2, 0.25) is 0 Å². The van der Waals surface area contributed by atoms with Crippen molar-refractivity contribution in [2.75, 3.05) is 13.2 Å². The molecule has 0 aliphatic carbocycles. The highest BCUT2D eigenvalue weighted by molar-refractivity contribution is 5.99. The quantitative estimate of drug-likeness (QED) is 0.481. The minimum absolute atomic E-state index is 0.0900. The molecule has 0 radical (unpaired) electrons. The van der Waals surface area contributed by atoms with Crippen molar-refractivity contribution in [2.45, 2.75) is 33.1 Å². The maximum Gasteiger partial charge on any atom is 0.166 e. The van der Waals surface area contributed by atoms with Crippen molar-refractivity contribution in [1.29, 1.82) is 0 Å². The van der Waals surface area contributed by atoms with Gasteiger partial charge in [0.05, 0.1) is 24.3 Å². The third-order valence-electron chi connectivity index (χ3n) is 4.01. The van der Waals surface area contributed by atoms with Crippen LogP contribution in [-0.2, 0) is 0 Å². The van der Waals surface area contributed by atoms with Gasteiger partial charge in [-0.2, -0.15) is 0 Å². The molecule has 0 aliphatic heterocycles. The molecule has 6 nitrogen and oxygen atoms in total. The first-order valence-corrected chi connectivity index (χ1v) is 8.94. The molecule has 0 atom stereocenters. The predicted octanol–water partition coefficient (Wildman–Crippen LogP) is 4.13. The molecule has 0 fully saturated rings. The van der Waals surface area contributed by atoms with Crippen molar-refractivity contribution in [1.82, 2.24) is 0 Å². The molecule has 0 saturated carbocycles. The Labute approximate surface area is 158 Å². The Balaban J connectivity index is 1.79. The van der Waals surface area contributed by atoms with Gasteiger partial charge >= 0.3 is 0 Å². The van der Waals surface area contributed by atoms with Crippen LogP contribution in [0, 0.1) is 0 Å². The highest BCUT2D eigenvalue weighted by Gasteiger charge is 2.11. The summed E-state index contributed by atoms with van der Waals surface area (Å²) < 4.78 is 11.1. The summed E-state index contributed by atoms with van der Waals surface area (Å²) in [6, 6.07) is 9.23. The number of aromatic hydroxyl groups is 2. The minimum atomic E-state index is -0.123. The molecule has 0 heterocycles. The van der Waals surface area contributed by atoms with Crippen LogP contribution in [0.3, 0.4) is 0 Å². The third kappa shape index (κ3) is 5.48. The maximum atomic E-state index is 11.6. The van der Waals surface area contributed by atoms with Gasteiger partial charge in [0, 0.05) is 31.4 Å². The molecular formula is C21H24O6. The summed E-state index contributed by atoms with van der Waals surface area (Å²) in [5, 5.41) is 19.8. The fraction of sp³-hybridized carbons (Fsp3) is 0.333. The molecule has 27 heavy (non-hydrogen) atoms. The van der Waals surface area contributed by atoms with Gasteiger partial charge in [-0.3, -0.25) is 9.59 Å². The van der Waals surface area contributed by atoms with Crippen molar-refractivity contribution >= 4 is 11.6 Å². The topological polar surface area (TPSA) is 93.1 Å². The summed E-state index contributed by atoms with van der Waals surface area (Å²) >= 11 is 0. The molecule has 2 rings (SSSR count). The van der Waals surface area contributed by atoms with Crippen LogP contribution >= 0.6 is 0 Å². The molecule has 2 N–H and O–H groups in total. The number of phenolic OH excluding ortho intramolecular Hbond substituents is 2. The first-order valence-electron chi connectivity index (χ1n) is 8.94. The average molecular weight is 372 g/mol. The van der Waals surface area contributed by atoms with Gasteiger partial charge in [-0.1, -0.05) is 13.8 Å². The first-order chi connectivity index (χ1) is 13.0. The Morgan fingerprint density at radius 1 is 0.778 bits per heavy atom. The van der Waals surface area contributed by atoms with Crippen molar-refractivity contribution in [2.24, 2.45) is 0 Å². The minimum Gasteiger partial charge on any atom is -0.507 e. The van der Waals surface area contributed by atoms with E-state index in [1.807, 2.05) is 0 Å². The Kier molecular flexibility index (Phi) is 7.23. The predicted molar refractivity (Wildman–Crippen MR) is 101 cm³/mol. The van der Waals surface area contributed by atoms with Gasteiger partial charge in [0.2, 0.25) is 0 Å². The van der Waals surface area contributed by atoms with Gasteiger partial charge in [0.15, 0.2) is 11.6 Å². The summed E-state index contributed by atoms with van der Waals surface area (Å²) in [7, 11) is 0. The lowest BCUT2D eigenvalue weighted by atomic mass is 10.1. The lowest BCUT2D eigenvalue weighted by molar-refractivity contribution is 0.0977. The number of hydrogen-bond donors (Lipinski definition) is 2. The van der Waals surface area contributed by atoms with Crippen LogP contribution in [0.4, 0.5) is 0 Å². The molecule has 0 bridgehead atoms. The zero-order valence-corrected chi connectivity index (χ0v) is 15.5. The molecule has 0 aromatic heterocycles. The van der Waals surface area contributed by atoms with E-state index in [4.69, 9.17) is 9.47 Å². The summed E-state index contributed by atoms with van der Waals surface area (Å²) in [4.78, 5) is 23.3. The summed E-state index contributed by atoms with van der Waals surface area (Å²) in [6.07, 6.45) is 1.23. The van der Waals surface area contributed by atoms with Crippen molar-refractivity contribution < 1.29 is 29.3 Å². The van der Waals surface area contributed by atoms with Crippen molar-refractivity contribution in [3.05, 3.63) is 47.5 Å². The summed E-state index contributed by atoms with van der Waals surface area (Å²) in [5.41, 5.74) is 0.580. The molecule has 2 aromatic carbocycles. The van der Waals surface area contributed by atoms with E-state index in [1.165, 1.54) is 12.1 Å². The number of hydrogen-bond acceptors (Lipinski definition) is 6. The van der Waals surface area contributed by atoms with Gasteiger partial charge in [-0.25, -0.2) is 0 Å². The number of carbonyl (C=O) groups excluding carboxylic acids is 2. The number of Topliss-reactive ketones (excluding diaryl/α,β-unsaturated/α-hetero) is 2. The zero-order valence-electron chi connectivity index (χ0n) is 15.5. The van der Waals surface area contributed by atoms with Crippen molar-refractivity contribution in [3.8, 4) is 23.0 Å². The normalized spacial score (nSPS) is 10.4. The number of ether oxygens (including phenoxy) is 2. The molecule has 0 unspecified atom stereocenters. The van der Waals surface area contributed by atoms with Gasteiger partial charge in [-0.15, -0.1) is 0 Å². The molecule has 0 saturated heterocycles. The van der Waals surface area contributed by atoms with Gasteiger partial charge < -0.3 is 19.7 Å². The molecule has 6 heteroatoms. The summed E-state index contributed by atoms with van der Waals surface area (Å²) in [5.74, 6) is 0.519. The van der Waals surface area contributed by atoms with E-state index in [9.17, 15) is 19.8 Å². The van der Waals surface area contributed by atoms with E-state index in [0.29, 0.717) is 44.0 Å². The standard InChI is InChI=1S/C21H24O6/c1-3-18(22)16-8-6-14(12-20(16)24)26-10-5-11-27-15-7-9-17(19(23)4-2)21(25)13-15/h6-9,12-13,24-25H,3-5,10-11H2,1-2H3. The molecular weight excluding hydrogens is 348 g/mol. The van der Waals surface area contributed by atoms with Gasteiger partial charge in [0.25, 0.3) is 0 Å². The van der Waals surface area contributed by atoms with Crippen LogP contribution in [0.5, 0.6) is 23.0 Å². The molecule has 144 valence electrons. The molecule has 0 aliphatic rings. The summed E-state index contributed by atoms with van der Waals surface area (Å²) in [6.45, 7) is 4.19. The van der Waals surface area contributed by atoms with Crippen LogP contribution in [0.15, 0.2) is 36.4 Å². The average Bonchev–Trinajstić information content (AvgIpc) is 2.66. The fourth-order valence-corrected chi connectivity index (χ4v) is 2.49. The highest BCUT2D eigenvalue weighted by Crippen LogP contribution is 2.26. The van der Waals surface area contributed by atoms with E-state index in [1.54, 1.807) is 38.1 Å². The first kappa shape index (κ1) is 20.3. The largest absolute Gasteiger partial charge is 0.507 e.